The molecule has 0 heterocycles. The largest absolute Gasteiger partial charge is 0.488 e. The highest BCUT2D eigenvalue weighted by Gasteiger charge is 2.08. The lowest BCUT2D eigenvalue weighted by Crippen LogP contribution is -2.19. The van der Waals surface area contributed by atoms with Crippen LogP contribution in [0.1, 0.15) is 27.0 Å². The summed E-state index contributed by atoms with van der Waals surface area (Å²) in [4.78, 5) is 24.9. The molecule has 35 heavy (non-hydrogen) atoms. The maximum Gasteiger partial charge on any atom is 0.271 e. The van der Waals surface area contributed by atoms with Crippen LogP contribution in [0, 0.1) is 0 Å². The lowest BCUT2D eigenvalue weighted by atomic mass is 10.1. The number of amides is 2. The molecule has 6 heteroatoms. The van der Waals surface area contributed by atoms with Gasteiger partial charge in [0.1, 0.15) is 12.4 Å². The van der Waals surface area contributed by atoms with Gasteiger partial charge in [-0.1, -0.05) is 78.9 Å². The van der Waals surface area contributed by atoms with Crippen molar-refractivity contribution < 1.29 is 14.3 Å². The van der Waals surface area contributed by atoms with E-state index in [2.05, 4.69) is 15.8 Å². The molecule has 0 bridgehead atoms. The normalized spacial score (nSPS) is 10.6. The number of benzene rings is 4. The Morgan fingerprint density at radius 2 is 1.46 bits per heavy atom. The topological polar surface area (TPSA) is 79.8 Å². The van der Waals surface area contributed by atoms with E-state index >= 15 is 0 Å². The summed E-state index contributed by atoms with van der Waals surface area (Å²) >= 11 is 0. The fourth-order valence-corrected chi connectivity index (χ4v) is 3.40. The molecule has 0 aliphatic rings. The van der Waals surface area contributed by atoms with Gasteiger partial charge in [-0.3, -0.25) is 9.59 Å². The Morgan fingerprint density at radius 1 is 0.771 bits per heavy atom. The van der Waals surface area contributed by atoms with E-state index in [-0.39, 0.29) is 18.2 Å². The molecule has 0 aliphatic carbocycles. The highest BCUT2D eigenvalue weighted by Crippen LogP contribution is 2.18. The first kappa shape index (κ1) is 23.4. The monoisotopic (exact) mass is 463 g/mol. The summed E-state index contributed by atoms with van der Waals surface area (Å²) in [7, 11) is 0. The number of carbonyl (C=O) groups excluding carboxylic acids is 2. The molecule has 0 spiro atoms. The summed E-state index contributed by atoms with van der Waals surface area (Å²) in [6.45, 7) is 0.431. The Bertz CT molecular complexity index is 1310. The summed E-state index contributed by atoms with van der Waals surface area (Å²) in [5, 5.41) is 6.92. The number of hydrogen-bond acceptors (Lipinski definition) is 4. The molecule has 0 saturated carbocycles. The van der Waals surface area contributed by atoms with Gasteiger partial charge in [-0.15, -0.1) is 0 Å². The summed E-state index contributed by atoms with van der Waals surface area (Å²) in [6.07, 6.45) is 1.80. The SMILES string of the molecule is O=C(Cc1ccccc1)Nc1cccc(C(=O)N/N=C/c2ccccc2OCc2ccccc2)c1. The van der Waals surface area contributed by atoms with E-state index in [0.29, 0.717) is 23.6 Å². The van der Waals surface area contributed by atoms with Crippen LogP contribution in [0.4, 0.5) is 5.69 Å². The van der Waals surface area contributed by atoms with Gasteiger partial charge in [0.15, 0.2) is 0 Å². The highest BCUT2D eigenvalue weighted by molar-refractivity contribution is 5.98. The molecule has 174 valence electrons. The maximum atomic E-state index is 12.6. The molecule has 4 aromatic rings. The lowest BCUT2D eigenvalue weighted by molar-refractivity contribution is -0.115. The van der Waals surface area contributed by atoms with Crippen LogP contribution in [0.3, 0.4) is 0 Å². The molecule has 6 nitrogen and oxygen atoms in total. The molecule has 0 radical (unpaired) electrons. The second-order valence-electron chi connectivity index (χ2n) is 7.80. The van der Waals surface area contributed by atoms with E-state index in [1.807, 2.05) is 84.9 Å². The molecular formula is C29H25N3O3. The van der Waals surface area contributed by atoms with Crippen molar-refractivity contribution in [2.75, 3.05) is 5.32 Å². The predicted octanol–water partition coefficient (Wildman–Crippen LogP) is 5.21. The fraction of sp³-hybridized carbons (Fsp3) is 0.0690. The van der Waals surface area contributed by atoms with E-state index in [4.69, 9.17) is 4.74 Å². The van der Waals surface area contributed by atoms with Crippen molar-refractivity contribution in [1.29, 1.82) is 0 Å². The molecule has 0 fully saturated rings. The van der Waals surface area contributed by atoms with Gasteiger partial charge in [-0.2, -0.15) is 5.10 Å². The number of hydrazone groups is 1. The molecule has 4 aromatic carbocycles. The Morgan fingerprint density at radius 3 is 2.23 bits per heavy atom. The molecular weight excluding hydrogens is 438 g/mol. The van der Waals surface area contributed by atoms with Gasteiger partial charge >= 0.3 is 0 Å². The van der Waals surface area contributed by atoms with Gasteiger partial charge in [-0.05, 0) is 41.5 Å². The summed E-state index contributed by atoms with van der Waals surface area (Å²) in [6, 6.07) is 33.6. The minimum Gasteiger partial charge on any atom is -0.488 e. The van der Waals surface area contributed by atoms with E-state index < -0.39 is 0 Å². The van der Waals surface area contributed by atoms with Crippen LogP contribution in [0.2, 0.25) is 0 Å². The Kier molecular flexibility index (Phi) is 8.01. The van der Waals surface area contributed by atoms with Gasteiger partial charge < -0.3 is 10.1 Å². The zero-order chi connectivity index (χ0) is 24.3. The van der Waals surface area contributed by atoms with Gasteiger partial charge in [0.05, 0.1) is 12.6 Å². The van der Waals surface area contributed by atoms with Crippen molar-refractivity contribution in [2.45, 2.75) is 13.0 Å². The molecule has 0 aromatic heterocycles. The number of rotatable bonds is 9. The number of anilines is 1. The first-order chi connectivity index (χ1) is 17.2. The van der Waals surface area contributed by atoms with Crippen LogP contribution >= 0.6 is 0 Å². The van der Waals surface area contributed by atoms with Crippen molar-refractivity contribution in [3.63, 3.8) is 0 Å². The Labute approximate surface area is 204 Å². The van der Waals surface area contributed by atoms with Gasteiger partial charge in [-0.25, -0.2) is 5.43 Å². The summed E-state index contributed by atoms with van der Waals surface area (Å²) < 4.78 is 5.92. The summed E-state index contributed by atoms with van der Waals surface area (Å²) in [5.74, 6) is 0.124. The third-order valence-corrected chi connectivity index (χ3v) is 5.14. The van der Waals surface area contributed by atoms with Gasteiger partial charge in [0, 0.05) is 16.8 Å². The van der Waals surface area contributed by atoms with Crippen LogP contribution in [0.5, 0.6) is 5.75 Å². The first-order valence-electron chi connectivity index (χ1n) is 11.2. The second kappa shape index (κ2) is 12.0. The van der Waals surface area contributed by atoms with Gasteiger partial charge in [0.2, 0.25) is 5.91 Å². The lowest BCUT2D eigenvalue weighted by Gasteiger charge is -2.09. The average Bonchev–Trinajstić information content (AvgIpc) is 2.89. The molecule has 2 amide bonds. The number of ether oxygens (including phenoxy) is 1. The van der Waals surface area contributed by atoms with Crippen molar-refractivity contribution in [2.24, 2.45) is 5.10 Å². The van der Waals surface area contributed by atoms with E-state index in [1.165, 1.54) is 0 Å². The molecule has 0 saturated heterocycles. The third kappa shape index (κ3) is 7.14. The van der Waals surface area contributed by atoms with Gasteiger partial charge in [0.25, 0.3) is 5.91 Å². The van der Waals surface area contributed by atoms with Crippen LogP contribution in [0.15, 0.2) is 114 Å². The number of nitrogens with one attached hydrogen (secondary N) is 2. The first-order valence-corrected chi connectivity index (χ1v) is 11.2. The Hall–Kier alpha value is -4.71. The average molecular weight is 464 g/mol. The second-order valence-corrected chi connectivity index (χ2v) is 7.80. The number of hydrogen-bond donors (Lipinski definition) is 2. The standard InChI is InChI=1S/C29H25N3O3/c33-28(18-22-10-3-1-4-11-22)31-26-16-9-15-24(19-26)29(34)32-30-20-25-14-7-8-17-27(25)35-21-23-12-5-2-6-13-23/h1-17,19-20H,18,21H2,(H,31,33)(H,32,34)/b30-20+. The minimum atomic E-state index is -0.386. The zero-order valence-electron chi connectivity index (χ0n) is 19.1. The molecule has 0 unspecified atom stereocenters. The fourth-order valence-electron chi connectivity index (χ4n) is 3.40. The van der Waals surface area contributed by atoms with Crippen molar-refractivity contribution in [3.05, 3.63) is 131 Å². The predicted molar refractivity (Wildman–Crippen MR) is 137 cm³/mol. The number of nitrogens with zero attached hydrogens (tertiary/aromatic N) is 1. The molecule has 0 atom stereocenters. The van der Waals surface area contributed by atoms with E-state index in [0.717, 1.165) is 16.7 Å². The maximum absolute atomic E-state index is 12.6. The van der Waals surface area contributed by atoms with Crippen molar-refractivity contribution in [3.8, 4) is 5.75 Å². The summed E-state index contributed by atoms with van der Waals surface area (Å²) in [5.41, 5.74) is 6.18. The smallest absolute Gasteiger partial charge is 0.271 e. The number of para-hydroxylation sites is 1. The van der Waals surface area contributed by atoms with Crippen LogP contribution in [-0.2, 0) is 17.8 Å². The molecule has 2 N–H and O–H groups in total. The van der Waals surface area contributed by atoms with Crippen LogP contribution < -0.4 is 15.5 Å². The third-order valence-electron chi connectivity index (χ3n) is 5.14. The van der Waals surface area contributed by atoms with Crippen LogP contribution in [0.25, 0.3) is 0 Å². The Balaban J connectivity index is 1.34. The van der Waals surface area contributed by atoms with Crippen LogP contribution in [-0.4, -0.2) is 18.0 Å². The number of carbonyl (C=O) groups is 2. The minimum absolute atomic E-state index is 0.154. The molecule has 4 rings (SSSR count). The van der Waals surface area contributed by atoms with Crippen molar-refractivity contribution >= 4 is 23.7 Å². The van der Waals surface area contributed by atoms with E-state index in [9.17, 15) is 9.59 Å². The zero-order valence-corrected chi connectivity index (χ0v) is 19.1. The van der Waals surface area contributed by atoms with Crippen molar-refractivity contribution in [1.82, 2.24) is 5.43 Å². The quantitative estimate of drug-likeness (QED) is 0.264. The highest BCUT2D eigenvalue weighted by atomic mass is 16.5. The van der Waals surface area contributed by atoms with E-state index in [1.54, 1.807) is 30.5 Å². The molecule has 0 aliphatic heterocycles.